The number of thioether (sulfide) groups is 1. The van der Waals surface area contributed by atoms with Crippen molar-refractivity contribution in [3.05, 3.63) is 41.2 Å². The summed E-state index contributed by atoms with van der Waals surface area (Å²) in [5, 5.41) is 0.941. The molecule has 4 rings (SSSR count). The number of rotatable bonds is 4. The number of aliphatic imine (C=N–C) groups is 1. The van der Waals surface area contributed by atoms with E-state index in [1.54, 1.807) is 18.0 Å². The van der Waals surface area contributed by atoms with Gasteiger partial charge in [0.1, 0.15) is 5.76 Å². The number of amidine groups is 1. The maximum absolute atomic E-state index is 13.1. The first-order valence-electron chi connectivity index (χ1n) is 10.3. The number of hydrogen-bond donors (Lipinski definition) is 0. The van der Waals surface area contributed by atoms with Crippen molar-refractivity contribution in [3.8, 4) is 0 Å². The maximum atomic E-state index is 13.1. The maximum Gasteiger partial charge on any atom is 0.266 e. The third-order valence-corrected chi connectivity index (χ3v) is 6.71. The molecule has 4 nitrogen and oxygen atoms in total. The van der Waals surface area contributed by atoms with E-state index in [4.69, 9.17) is 9.41 Å². The number of carbonyl (C=O) groups is 1. The fourth-order valence-corrected chi connectivity index (χ4v) is 5.30. The Bertz CT molecular complexity index is 724. The summed E-state index contributed by atoms with van der Waals surface area (Å²) in [6, 6.07) is 4.48. The van der Waals surface area contributed by atoms with E-state index in [9.17, 15) is 4.79 Å². The molecule has 1 aromatic heterocycles. The summed E-state index contributed by atoms with van der Waals surface area (Å²) in [7, 11) is 0. The largest absolute Gasteiger partial charge is 0.465 e. The van der Waals surface area contributed by atoms with Crippen LogP contribution in [0.3, 0.4) is 0 Å². The van der Waals surface area contributed by atoms with E-state index in [1.807, 2.05) is 35.3 Å². The zero-order chi connectivity index (χ0) is 18.5. The number of furan rings is 1. The van der Waals surface area contributed by atoms with E-state index >= 15 is 0 Å². The first kappa shape index (κ1) is 18.6. The van der Waals surface area contributed by atoms with Crippen LogP contribution in [0.5, 0.6) is 0 Å². The lowest BCUT2D eigenvalue weighted by Crippen LogP contribution is -2.41. The molecule has 0 radical (unpaired) electrons. The van der Waals surface area contributed by atoms with Crippen molar-refractivity contribution >= 4 is 28.9 Å². The normalized spacial score (nSPS) is 26.1. The average molecular weight is 385 g/mol. The Hall–Kier alpha value is -1.75. The van der Waals surface area contributed by atoms with Gasteiger partial charge in [0.15, 0.2) is 5.17 Å². The van der Waals surface area contributed by atoms with E-state index in [0.717, 1.165) is 41.5 Å². The van der Waals surface area contributed by atoms with Crippen LogP contribution in [-0.4, -0.2) is 28.1 Å². The highest BCUT2D eigenvalue weighted by Crippen LogP contribution is 2.37. The summed E-state index contributed by atoms with van der Waals surface area (Å²) >= 11 is 1.56. The Morgan fingerprint density at radius 2 is 1.81 bits per heavy atom. The first-order chi connectivity index (χ1) is 13.3. The molecule has 2 saturated carbocycles. The van der Waals surface area contributed by atoms with Gasteiger partial charge in [-0.2, -0.15) is 0 Å². The predicted octanol–water partition coefficient (Wildman–Crippen LogP) is 5.77. The van der Waals surface area contributed by atoms with Gasteiger partial charge in [-0.1, -0.05) is 44.6 Å². The van der Waals surface area contributed by atoms with Crippen LogP contribution in [0, 0.1) is 0 Å². The third kappa shape index (κ3) is 4.57. The van der Waals surface area contributed by atoms with Crippen LogP contribution in [0.2, 0.25) is 0 Å². The number of carbonyl (C=O) groups excluding carboxylic acids is 1. The summed E-state index contributed by atoms with van der Waals surface area (Å²) in [4.78, 5) is 21.0. The molecule has 0 atom stereocenters. The van der Waals surface area contributed by atoms with Gasteiger partial charge < -0.3 is 4.42 Å². The van der Waals surface area contributed by atoms with E-state index in [-0.39, 0.29) is 5.91 Å². The Labute approximate surface area is 165 Å². The van der Waals surface area contributed by atoms with Crippen LogP contribution in [0.4, 0.5) is 0 Å². The van der Waals surface area contributed by atoms with Gasteiger partial charge in [-0.3, -0.25) is 14.7 Å². The van der Waals surface area contributed by atoms with Gasteiger partial charge >= 0.3 is 0 Å². The van der Waals surface area contributed by atoms with Crippen molar-refractivity contribution in [2.24, 2.45) is 4.99 Å². The number of amides is 1. The van der Waals surface area contributed by atoms with Gasteiger partial charge in [-0.05, 0) is 61.7 Å². The Kier molecular flexibility index (Phi) is 6.17. The molecule has 1 saturated heterocycles. The van der Waals surface area contributed by atoms with Crippen molar-refractivity contribution in [2.75, 3.05) is 0 Å². The van der Waals surface area contributed by atoms with E-state index in [0.29, 0.717) is 12.1 Å². The lowest BCUT2D eigenvalue weighted by molar-refractivity contribution is -0.124. The molecule has 2 aliphatic carbocycles. The van der Waals surface area contributed by atoms with Crippen molar-refractivity contribution in [3.63, 3.8) is 0 Å². The lowest BCUT2D eigenvalue weighted by atomic mass is 9.94. The van der Waals surface area contributed by atoms with E-state index < -0.39 is 0 Å². The zero-order valence-corrected chi connectivity index (χ0v) is 16.6. The molecule has 2 heterocycles. The quantitative estimate of drug-likeness (QED) is 0.619. The Balaban J connectivity index is 1.55. The van der Waals surface area contributed by atoms with Gasteiger partial charge in [0.05, 0.1) is 17.2 Å². The van der Waals surface area contributed by atoms with Crippen LogP contribution in [0.15, 0.2) is 44.9 Å². The molecule has 0 N–H and O–H groups in total. The summed E-state index contributed by atoms with van der Waals surface area (Å²) in [6.07, 6.45) is 19.5. The monoisotopic (exact) mass is 384 g/mol. The predicted molar refractivity (Wildman–Crippen MR) is 111 cm³/mol. The highest BCUT2D eigenvalue weighted by molar-refractivity contribution is 8.18. The second-order valence-electron chi connectivity index (χ2n) is 7.68. The molecule has 1 amide bonds. The zero-order valence-electron chi connectivity index (χ0n) is 15.8. The molecule has 1 aliphatic heterocycles. The van der Waals surface area contributed by atoms with Crippen LogP contribution in [-0.2, 0) is 4.79 Å². The summed E-state index contributed by atoms with van der Waals surface area (Å²) in [5.74, 6) is 0.924. The molecule has 0 bridgehead atoms. The highest BCUT2D eigenvalue weighted by atomic mass is 32.2. The standard InChI is InChI=1S/C22H28N2O2S/c25-21-20(15-7-13-19-14-8-16-26-19)27-22(23-17-9-3-1-4-10-17)24(21)18-11-5-2-6-12-18/h7-8,13-18H,1-6,9-12H2. The number of nitrogens with zero attached hydrogens (tertiary/aromatic N) is 2. The smallest absolute Gasteiger partial charge is 0.266 e. The molecular formula is C22H28N2O2S. The summed E-state index contributed by atoms with van der Waals surface area (Å²) in [6.45, 7) is 0. The molecule has 0 unspecified atom stereocenters. The first-order valence-corrected chi connectivity index (χ1v) is 11.1. The molecule has 0 spiro atoms. The Morgan fingerprint density at radius 3 is 2.52 bits per heavy atom. The van der Waals surface area contributed by atoms with Gasteiger partial charge in [0.2, 0.25) is 0 Å². The fraction of sp³-hybridized carbons (Fsp3) is 0.545. The van der Waals surface area contributed by atoms with E-state index in [2.05, 4.69) is 0 Å². The minimum absolute atomic E-state index is 0.130. The van der Waals surface area contributed by atoms with Gasteiger partial charge in [0.25, 0.3) is 5.91 Å². The second-order valence-corrected chi connectivity index (χ2v) is 8.69. The molecular weight excluding hydrogens is 356 g/mol. The van der Waals surface area contributed by atoms with Crippen molar-refractivity contribution in [1.82, 2.24) is 4.90 Å². The third-order valence-electron chi connectivity index (χ3n) is 5.70. The van der Waals surface area contributed by atoms with Crippen molar-refractivity contribution in [1.29, 1.82) is 0 Å². The molecule has 3 fully saturated rings. The minimum Gasteiger partial charge on any atom is -0.465 e. The van der Waals surface area contributed by atoms with Gasteiger partial charge in [-0.15, -0.1) is 0 Å². The molecule has 27 heavy (non-hydrogen) atoms. The topological polar surface area (TPSA) is 45.8 Å². The molecule has 5 heteroatoms. The van der Waals surface area contributed by atoms with Crippen LogP contribution in [0.25, 0.3) is 6.08 Å². The van der Waals surface area contributed by atoms with Crippen LogP contribution >= 0.6 is 11.8 Å². The fourth-order valence-electron chi connectivity index (χ4n) is 4.23. The van der Waals surface area contributed by atoms with E-state index in [1.165, 1.54) is 38.5 Å². The van der Waals surface area contributed by atoms with Crippen molar-refractivity contribution in [2.45, 2.75) is 76.3 Å². The Morgan fingerprint density at radius 1 is 1.07 bits per heavy atom. The number of allylic oxidation sites excluding steroid dienone is 2. The van der Waals surface area contributed by atoms with Crippen LogP contribution in [0.1, 0.15) is 70.0 Å². The SMILES string of the molecule is O=C1C(=CC=Cc2ccco2)SC(=NC2CCCCC2)N1C1CCCCC1. The van der Waals surface area contributed by atoms with Crippen LogP contribution < -0.4 is 0 Å². The molecule has 144 valence electrons. The summed E-state index contributed by atoms with van der Waals surface area (Å²) < 4.78 is 5.32. The highest BCUT2D eigenvalue weighted by Gasteiger charge is 2.38. The minimum atomic E-state index is 0.130. The molecule has 1 aromatic rings. The van der Waals surface area contributed by atoms with Gasteiger partial charge in [0, 0.05) is 6.04 Å². The molecule has 3 aliphatic rings. The second kappa shape index (κ2) is 8.96. The average Bonchev–Trinajstić information content (AvgIpc) is 3.32. The number of hydrogen-bond acceptors (Lipinski definition) is 4. The summed E-state index contributed by atoms with van der Waals surface area (Å²) in [5.41, 5.74) is 0. The van der Waals surface area contributed by atoms with Crippen molar-refractivity contribution < 1.29 is 9.21 Å². The lowest BCUT2D eigenvalue weighted by Gasteiger charge is -2.31. The van der Waals surface area contributed by atoms with Gasteiger partial charge in [-0.25, -0.2) is 0 Å². The molecule has 0 aromatic carbocycles.